The number of aromatic amines is 1. The van der Waals surface area contributed by atoms with E-state index in [1.807, 2.05) is 6.20 Å². The largest absolute Gasteiger partial charge is 0.480 e. The van der Waals surface area contributed by atoms with Crippen molar-refractivity contribution in [1.29, 1.82) is 0 Å². The molecule has 1 unspecified atom stereocenters. The number of hydrogen-bond donors (Lipinski definition) is 2. The summed E-state index contributed by atoms with van der Waals surface area (Å²) in [6.07, 6.45) is 7.45. The summed E-state index contributed by atoms with van der Waals surface area (Å²) in [7, 11) is 0. The molecule has 5 rings (SSSR count). The van der Waals surface area contributed by atoms with Crippen LogP contribution in [0.2, 0.25) is 10.0 Å². The number of rotatable bonds is 4. The Bertz CT molecular complexity index is 1200. The normalized spacial score (nSPS) is 21.4. The van der Waals surface area contributed by atoms with Gasteiger partial charge >= 0.3 is 5.97 Å². The molecule has 1 aromatic carbocycles. The zero-order valence-electron chi connectivity index (χ0n) is 17.2. The van der Waals surface area contributed by atoms with E-state index >= 15 is 0 Å². The molecule has 2 N–H and O–H groups in total. The van der Waals surface area contributed by atoms with Gasteiger partial charge < -0.3 is 19.7 Å². The Hall–Kier alpha value is -2.55. The van der Waals surface area contributed by atoms with E-state index in [1.54, 1.807) is 23.0 Å². The Morgan fingerprint density at radius 2 is 2.03 bits per heavy atom. The second kappa shape index (κ2) is 8.42. The summed E-state index contributed by atoms with van der Waals surface area (Å²) in [5.41, 5.74) is 2.16. The van der Waals surface area contributed by atoms with Gasteiger partial charge in [-0.1, -0.05) is 29.3 Å². The predicted molar refractivity (Wildman–Crippen MR) is 120 cm³/mol. The topological polar surface area (TPSA) is 100 Å². The van der Waals surface area contributed by atoms with E-state index in [2.05, 4.69) is 10.1 Å². The number of carboxylic acid groups (broad SMARTS) is 1. The Morgan fingerprint density at radius 3 is 2.78 bits per heavy atom. The fourth-order valence-electron chi connectivity index (χ4n) is 4.63. The lowest BCUT2D eigenvalue weighted by Crippen LogP contribution is -2.40. The van der Waals surface area contributed by atoms with E-state index in [-0.39, 0.29) is 17.8 Å². The molecule has 2 saturated heterocycles. The molecule has 0 spiro atoms. The molecule has 2 aliphatic heterocycles. The minimum Gasteiger partial charge on any atom is -0.480 e. The number of ether oxygens (including phenoxy) is 1. The first-order chi connectivity index (χ1) is 15.5. The Kier molecular flexibility index (Phi) is 5.61. The number of aromatic nitrogens is 3. The van der Waals surface area contributed by atoms with Gasteiger partial charge in [0.05, 0.1) is 21.8 Å². The van der Waals surface area contributed by atoms with Crippen LogP contribution in [-0.2, 0) is 9.53 Å². The fraction of sp³-hybridized carbons (Fsp3) is 0.409. The third-order valence-corrected chi connectivity index (χ3v) is 7.02. The van der Waals surface area contributed by atoms with E-state index in [4.69, 9.17) is 27.9 Å². The number of halogens is 2. The van der Waals surface area contributed by atoms with Gasteiger partial charge in [0.15, 0.2) is 0 Å². The smallest absolute Gasteiger partial charge is 0.326 e. The van der Waals surface area contributed by atoms with Gasteiger partial charge in [0.1, 0.15) is 18.0 Å². The van der Waals surface area contributed by atoms with E-state index in [0.717, 1.165) is 30.2 Å². The molecule has 3 aromatic rings. The van der Waals surface area contributed by atoms with Crippen molar-refractivity contribution in [3.8, 4) is 11.1 Å². The second-order valence-electron chi connectivity index (χ2n) is 8.18. The van der Waals surface area contributed by atoms with Gasteiger partial charge in [0.2, 0.25) is 0 Å². The van der Waals surface area contributed by atoms with Crippen molar-refractivity contribution < 1.29 is 19.4 Å². The van der Waals surface area contributed by atoms with Crippen LogP contribution >= 0.6 is 23.2 Å². The summed E-state index contributed by atoms with van der Waals surface area (Å²) >= 11 is 12.7. The molecule has 2 atom stereocenters. The Balaban J connectivity index is 1.63. The molecule has 8 nitrogen and oxygen atoms in total. The van der Waals surface area contributed by atoms with Crippen LogP contribution in [0, 0.1) is 0 Å². The molecule has 2 aliphatic rings. The highest BCUT2D eigenvalue weighted by Crippen LogP contribution is 2.40. The number of nitrogens with one attached hydrogen (secondary N) is 1. The number of carboxylic acids is 1. The zero-order valence-corrected chi connectivity index (χ0v) is 18.7. The highest BCUT2D eigenvalue weighted by atomic mass is 35.5. The number of H-pyrrole nitrogens is 1. The standard InChI is InChI=1S/C22H22Cl2N4O4/c23-14-7-6-13-17(12-10-25-28(11-12)16-5-1-2-9-32-16)20(26-19(13)18(14)24)21(29)27-8-3-4-15(27)22(30)31/h6-7,10-11,15-16,26H,1-5,8-9H2,(H,30,31)/t15-,16?/m0/s1. The van der Waals surface area contributed by atoms with Crippen molar-refractivity contribution in [3.05, 3.63) is 40.3 Å². The van der Waals surface area contributed by atoms with Crippen molar-refractivity contribution in [2.75, 3.05) is 13.2 Å². The number of amides is 1. The minimum atomic E-state index is -1.00. The molecule has 1 amide bonds. The monoisotopic (exact) mass is 476 g/mol. The van der Waals surface area contributed by atoms with E-state index in [9.17, 15) is 14.7 Å². The molecule has 0 saturated carbocycles. The molecule has 0 radical (unpaired) electrons. The number of hydrogen-bond acceptors (Lipinski definition) is 4. The van der Waals surface area contributed by atoms with Crippen LogP contribution in [0.15, 0.2) is 24.5 Å². The molecule has 0 aliphatic carbocycles. The van der Waals surface area contributed by atoms with E-state index in [1.165, 1.54) is 4.90 Å². The quantitative estimate of drug-likeness (QED) is 0.566. The van der Waals surface area contributed by atoms with Gasteiger partial charge in [0.25, 0.3) is 5.91 Å². The lowest BCUT2D eigenvalue weighted by atomic mass is 10.0. The van der Waals surface area contributed by atoms with Gasteiger partial charge in [-0.3, -0.25) is 4.79 Å². The lowest BCUT2D eigenvalue weighted by molar-refractivity contribution is -0.141. The summed E-state index contributed by atoms with van der Waals surface area (Å²) in [4.78, 5) is 29.7. The molecule has 10 heteroatoms. The van der Waals surface area contributed by atoms with Crippen LogP contribution in [0.1, 0.15) is 48.8 Å². The number of fused-ring (bicyclic) bond motifs is 1. The third kappa shape index (κ3) is 3.56. The summed E-state index contributed by atoms with van der Waals surface area (Å²) in [5, 5.41) is 15.4. The molecular formula is C22H22Cl2N4O4. The fourth-order valence-corrected chi connectivity index (χ4v) is 5.00. The van der Waals surface area contributed by atoms with Crippen LogP contribution < -0.4 is 0 Å². The van der Waals surface area contributed by atoms with Crippen molar-refractivity contribution in [2.45, 2.75) is 44.4 Å². The van der Waals surface area contributed by atoms with Crippen molar-refractivity contribution in [2.24, 2.45) is 0 Å². The number of aliphatic carboxylic acids is 1. The van der Waals surface area contributed by atoms with Crippen molar-refractivity contribution in [3.63, 3.8) is 0 Å². The lowest BCUT2D eigenvalue weighted by Gasteiger charge is -2.22. The molecule has 2 fully saturated rings. The molecular weight excluding hydrogens is 455 g/mol. The molecule has 32 heavy (non-hydrogen) atoms. The number of carbonyl (C=O) groups excluding carboxylic acids is 1. The number of benzene rings is 1. The summed E-state index contributed by atoms with van der Waals surface area (Å²) in [6.45, 7) is 1.07. The Morgan fingerprint density at radius 1 is 1.19 bits per heavy atom. The predicted octanol–water partition coefficient (Wildman–Crippen LogP) is 4.73. The zero-order chi connectivity index (χ0) is 22.4. The van der Waals surface area contributed by atoms with E-state index in [0.29, 0.717) is 47.1 Å². The van der Waals surface area contributed by atoms with Crippen LogP contribution in [0.25, 0.3) is 22.0 Å². The first-order valence-corrected chi connectivity index (χ1v) is 11.4. The number of likely N-dealkylation sites (tertiary alicyclic amines) is 1. The molecule has 2 aromatic heterocycles. The van der Waals surface area contributed by atoms with Gasteiger partial charge in [0, 0.05) is 35.9 Å². The van der Waals surface area contributed by atoms with Gasteiger partial charge in [-0.25, -0.2) is 9.48 Å². The van der Waals surface area contributed by atoms with Crippen LogP contribution in [-0.4, -0.2) is 55.8 Å². The van der Waals surface area contributed by atoms with Crippen LogP contribution in [0.5, 0.6) is 0 Å². The van der Waals surface area contributed by atoms with Crippen molar-refractivity contribution in [1.82, 2.24) is 19.7 Å². The molecule has 4 heterocycles. The van der Waals surface area contributed by atoms with Crippen molar-refractivity contribution >= 4 is 46.0 Å². The maximum absolute atomic E-state index is 13.5. The van der Waals surface area contributed by atoms with Crippen LogP contribution in [0.3, 0.4) is 0 Å². The number of carbonyl (C=O) groups is 2. The third-order valence-electron chi connectivity index (χ3n) is 6.22. The summed E-state index contributed by atoms with van der Waals surface area (Å²) in [6, 6.07) is 2.64. The van der Waals surface area contributed by atoms with Gasteiger partial charge in [-0.2, -0.15) is 5.10 Å². The van der Waals surface area contributed by atoms with Gasteiger partial charge in [-0.15, -0.1) is 0 Å². The maximum atomic E-state index is 13.5. The molecule has 168 valence electrons. The van der Waals surface area contributed by atoms with Gasteiger partial charge in [-0.05, 0) is 38.2 Å². The Labute approximate surface area is 194 Å². The van der Waals surface area contributed by atoms with E-state index < -0.39 is 12.0 Å². The highest BCUT2D eigenvalue weighted by molar-refractivity contribution is 6.45. The maximum Gasteiger partial charge on any atom is 0.326 e. The number of nitrogens with zero attached hydrogens (tertiary/aromatic N) is 3. The van der Waals surface area contributed by atoms with Crippen LogP contribution in [0.4, 0.5) is 0 Å². The first-order valence-electron chi connectivity index (χ1n) is 10.7. The summed E-state index contributed by atoms with van der Waals surface area (Å²) in [5.74, 6) is -1.38. The molecule has 0 bridgehead atoms. The average Bonchev–Trinajstić information content (AvgIpc) is 3.54. The minimum absolute atomic E-state index is 0.144. The average molecular weight is 477 g/mol. The summed E-state index contributed by atoms with van der Waals surface area (Å²) < 4.78 is 7.60. The first kappa shape index (κ1) is 21.3. The second-order valence-corrected chi connectivity index (χ2v) is 8.97. The SMILES string of the molecule is O=C(O)[C@@H]1CCCN1C(=O)c1[nH]c2c(Cl)c(Cl)ccc2c1-c1cnn(C2CCCCO2)c1. The highest BCUT2D eigenvalue weighted by Gasteiger charge is 2.36.